The van der Waals surface area contributed by atoms with Gasteiger partial charge in [-0.2, -0.15) is 0 Å². The fraction of sp³-hybridized carbons (Fsp3) is 0.364. The van der Waals surface area contributed by atoms with E-state index in [1.165, 1.54) is 6.07 Å². The van der Waals surface area contributed by atoms with Crippen LogP contribution in [0.2, 0.25) is 0 Å². The highest BCUT2D eigenvalue weighted by Crippen LogP contribution is 2.10. The van der Waals surface area contributed by atoms with Gasteiger partial charge in [0.05, 0.1) is 6.10 Å². The molecule has 1 aromatic rings. The minimum absolute atomic E-state index is 0.145. The number of hydrogen-bond donors (Lipinski definition) is 3. The quantitative estimate of drug-likeness (QED) is 0.668. The lowest BCUT2D eigenvalue weighted by molar-refractivity contribution is 0.0913. The maximum atomic E-state index is 12.9. The number of hydrogen-bond acceptors (Lipinski definition) is 3. The standard InChI is InChI=1S/C11H15FN2O2/c1-2-10(15)6-14-11(16)7-3-8(12)5-9(13)4-7/h3-5,10,15H,2,6,13H2,1H3,(H,14,16). The van der Waals surface area contributed by atoms with Crippen molar-refractivity contribution >= 4 is 11.6 Å². The molecule has 0 aliphatic rings. The van der Waals surface area contributed by atoms with Crippen molar-refractivity contribution in [3.8, 4) is 0 Å². The first-order valence-electron chi connectivity index (χ1n) is 5.05. The van der Waals surface area contributed by atoms with Crippen LogP contribution in [0, 0.1) is 5.82 Å². The number of anilines is 1. The fourth-order valence-electron chi connectivity index (χ4n) is 1.20. The van der Waals surface area contributed by atoms with Crippen molar-refractivity contribution in [3.05, 3.63) is 29.6 Å². The van der Waals surface area contributed by atoms with Crippen LogP contribution in [0.3, 0.4) is 0 Å². The summed E-state index contributed by atoms with van der Waals surface area (Å²) < 4.78 is 12.9. The third kappa shape index (κ3) is 3.51. The Bertz CT molecular complexity index is 362. The number of nitrogen functional groups attached to an aromatic ring is 1. The van der Waals surface area contributed by atoms with Crippen molar-refractivity contribution in [2.24, 2.45) is 0 Å². The van der Waals surface area contributed by atoms with E-state index in [9.17, 15) is 14.3 Å². The van der Waals surface area contributed by atoms with E-state index in [1.54, 1.807) is 6.92 Å². The van der Waals surface area contributed by atoms with E-state index in [-0.39, 0.29) is 17.8 Å². The monoisotopic (exact) mass is 226 g/mol. The zero-order chi connectivity index (χ0) is 12.1. The van der Waals surface area contributed by atoms with Gasteiger partial charge in [0, 0.05) is 17.8 Å². The zero-order valence-corrected chi connectivity index (χ0v) is 9.03. The maximum Gasteiger partial charge on any atom is 0.251 e. The van der Waals surface area contributed by atoms with Gasteiger partial charge in [0.2, 0.25) is 0 Å². The van der Waals surface area contributed by atoms with E-state index in [0.717, 1.165) is 12.1 Å². The van der Waals surface area contributed by atoms with E-state index in [4.69, 9.17) is 5.73 Å². The number of carbonyl (C=O) groups excluding carboxylic acids is 1. The highest BCUT2D eigenvalue weighted by Gasteiger charge is 2.09. The smallest absolute Gasteiger partial charge is 0.251 e. The summed E-state index contributed by atoms with van der Waals surface area (Å²) >= 11 is 0. The molecule has 16 heavy (non-hydrogen) atoms. The number of rotatable bonds is 4. The second kappa shape index (κ2) is 5.46. The van der Waals surface area contributed by atoms with Gasteiger partial charge in [-0.15, -0.1) is 0 Å². The summed E-state index contributed by atoms with van der Waals surface area (Å²) in [6.45, 7) is 1.95. The summed E-state index contributed by atoms with van der Waals surface area (Å²) in [6.07, 6.45) is -0.0409. The van der Waals surface area contributed by atoms with E-state index >= 15 is 0 Å². The molecule has 1 atom stereocenters. The predicted molar refractivity (Wildman–Crippen MR) is 59.4 cm³/mol. The maximum absolute atomic E-state index is 12.9. The SMILES string of the molecule is CCC(O)CNC(=O)c1cc(N)cc(F)c1. The van der Waals surface area contributed by atoms with Crippen molar-refractivity contribution in [3.63, 3.8) is 0 Å². The van der Waals surface area contributed by atoms with Gasteiger partial charge in [0.15, 0.2) is 0 Å². The van der Waals surface area contributed by atoms with E-state index in [1.807, 2.05) is 0 Å². The van der Waals surface area contributed by atoms with Gasteiger partial charge in [-0.05, 0) is 24.6 Å². The highest BCUT2D eigenvalue weighted by molar-refractivity contribution is 5.95. The topological polar surface area (TPSA) is 75.3 Å². The number of aliphatic hydroxyl groups is 1. The summed E-state index contributed by atoms with van der Waals surface area (Å²) in [5, 5.41) is 11.7. The van der Waals surface area contributed by atoms with Crippen LogP contribution in [0.4, 0.5) is 10.1 Å². The summed E-state index contributed by atoms with van der Waals surface area (Å²) in [5.74, 6) is -1.00. The van der Waals surface area contributed by atoms with Gasteiger partial charge in [-0.25, -0.2) is 4.39 Å². The van der Waals surface area contributed by atoms with Gasteiger partial charge in [-0.1, -0.05) is 6.92 Å². The molecule has 0 aliphatic heterocycles. The number of halogens is 1. The molecule has 1 aromatic carbocycles. The molecule has 4 nitrogen and oxygen atoms in total. The second-order valence-corrected chi connectivity index (χ2v) is 3.55. The number of aliphatic hydroxyl groups excluding tert-OH is 1. The summed E-state index contributed by atoms with van der Waals surface area (Å²) in [7, 11) is 0. The minimum atomic E-state index is -0.588. The Morgan fingerprint density at radius 3 is 2.81 bits per heavy atom. The number of carbonyl (C=O) groups is 1. The van der Waals surface area contributed by atoms with Crippen LogP contribution in [-0.2, 0) is 0 Å². The molecule has 1 rings (SSSR count). The molecule has 0 saturated carbocycles. The van der Waals surface area contributed by atoms with Gasteiger partial charge < -0.3 is 16.2 Å². The first-order valence-corrected chi connectivity index (χ1v) is 5.05. The zero-order valence-electron chi connectivity index (χ0n) is 9.03. The predicted octanol–water partition coefficient (Wildman–Crippen LogP) is 0.909. The van der Waals surface area contributed by atoms with E-state index < -0.39 is 17.8 Å². The Balaban J connectivity index is 2.66. The lowest BCUT2D eigenvalue weighted by atomic mass is 10.1. The molecule has 0 radical (unpaired) electrons. The second-order valence-electron chi connectivity index (χ2n) is 3.55. The first kappa shape index (κ1) is 12.4. The van der Waals surface area contributed by atoms with Gasteiger partial charge in [-0.3, -0.25) is 4.79 Å². The van der Waals surface area contributed by atoms with Gasteiger partial charge in [0.1, 0.15) is 5.82 Å². The molecule has 0 saturated heterocycles. The molecule has 4 N–H and O–H groups in total. The average Bonchev–Trinajstić information content (AvgIpc) is 2.23. The number of nitrogens with two attached hydrogens (primary N) is 1. The van der Waals surface area contributed by atoms with Crippen molar-refractivity contribution in [2.45, 2.75) is 19.4 Å². The van der Waals surface area contributed by atoms with Crippen molar-refractivity contribution in [1.82, 2.24) is 5.32 Å². The molecule has 0 bridgehead atoms. The summed E-state index contributed by atoms with van der Waals surface area (Å²) in [6, 6.07) is 3.62. The molecule has 0 spiro atoms. The Hall–Kier alpha value is -1.62. The number of nitrogens with one attached hydrogen (secondary N) is 1. The molecule has 1 unspecified atom stereocenters. The molecule has 0 fully saturated rings. The third-order valence-electron chi connectivity index (χ3n) is 2.15. The van der Waals surface area contributed by atoms with Gasteiger partial charge in [0.25, 0.3) is 5.91 Å². The third-order valence-corrected chi connectivity index (χ3v) is 2.15. The molecular weight excluding hydrogens is 211 g/mol. The average molecular weight is 226 g/mol. The molecule has 88 valence electrons. The van der Waals surface area contributed by atoms with Gasteiger partial charge >= 0.3 is 0 Å². The normalized spacial score (nSPS) is 12.2. The molecular formula is C11H15FN2O2. The number of benzene rings is 1. The largest absolute Gasteiger partial charge is 0.399 e. The van der Waals surface area contributed by atoms with Crippen molar-refractivity contribution in [1.29, 1.82) is 0 Å². The molecule has 0 aliphatic carbocycles. The van der Waals surface area contributed by atoms with Crippen LogP contribution in [0.5, 0.6) is 0 Å². The van der Waals surface area contributed by atoms with Crippen LogP contribution in [0.1, 0.15) is 23.7 Å². The molecule has 1 amide bonds. The Kier molecular flexibility index (Phi) is 4.25. The lowest BCUT2D eigenvalue weighted by Gasteiger charge is -2.09. The Morgan fingerprint density at radius 2 is 2.25 bits per heavy atom. The van der Waals surface area contributed by atoms with Crippen LogP contribution in [0.25, 0.3) is 0 Å². The van der Waals surface area contributed by atoms with E-state index in [2.05, 4.69) is 5.32 Å². The minimum Gasteiger partial charge on any atom is -0.399 e. The Morgan fingerprint density at radius 1 is 1.56 bits per heavy atom. The summed E-state index contributed by atoms with van der Waals surface area (Å²) in [5.41, 5.74) is 5.76. The lowest BCUT2D eigenvalue weighted by Crippen LogP contribution is -2.31. The number of amides is 1. The van der Waals surface area contributed by atoms with Crippen molar-refractivity contribution in [2.75, 3.05) is 12.3 Å². The summed E-state index contributed by atoms with van der Waals surface area (Å²) in [4.78, 5) is 11.5. The first-order chi connectivity index (χ1) is 7.52. The fourth-order valence-corrected chi connectivity index (χ4v) is 1.20. The van der Waals surface area contributed by atoms with Crippen LogP contribution in [0.15, 0.2) is 18.2 Å². The van der Waals surface area contributed by atoms with Crippen LogP contribution >= 0.6 is 0 Å². The molecule has 0 aromatic heterocycles. The Labute approximate surface area is 93.3 Å². The van der Waals surface area contributed by atoms with E-state index in [0.29, 0.717) is 6.42 Å². The van der Waals surface area contributed by atoms with Crippen LogP contribution < -0.4 is 11.1 Å². The van der Waals surface area contributed by atoms with Crippen LogP contribution in [-0.4, -0.2) is 23.7 Å². The highest BCUT2D eigenvalue weighted by atomic mass is 19.1. The molecule has 5 heteroatoms. The molecule has 0 heterocycles. The van der Waals surface area contributed by atoms with Crippen molar-refractivity contribution < 1.29 is 14.3 Å².